The van der Waals surface area contributed by atoms with Crippen LogP contribution in [0.1, 0.15) is 52.9 Å². The smallest absolute Gasteiger partial charge is 0.337 e. The van der Waals surface area contributed by atoms with Gasteiger partial charge in [-0.3, -0.25) is 4.79 Å². The molecule has 1 aliphatic carbocycles. The number of para-hydroxylation sites is 1. The number of carbonyl (C=O) groups is 1. The summed E-state index contributed by atoms with van der Waals surface area (Å²) < 4.78 is 6.30. The fourth-order valence-corrected chi connectivity index (χ4v) is 4.55. The summed E-state index contributed by atoms with van der Waals surface area (Å²) in [6.45, 7) is 3.82. The molecule has 1 aliphatic rings. The summed E-state index contributed by atoms with van der Waals surface area (Å²) in [5.74, 6) is -0.574. The summed E-state index contributed by atoms with van der Waals surface area (Å²) >= 11 is 0. The van der Waals surface area contributed by atoms with Crippen LogP contribution in [0.15, 0.2) is 75.9 Å². The number of nitriles is 1. The molecule has 2 N–H and O–H groups in total. The molecule has 1 saturated carbocycles. The molecular formula is C29H24N2O4. The summed E-state index contributed by atoms with van der Waals surface area (Å²) in [4.78, 5) is 24.7. The van der Waals surface area contributed by atoms with E-state index in [0.717, 1.165) is 35.1 Å². The van der Waals surface area contributed by atoms with E-state index < -0.39 is 5.97 Å². The maximum absolute atomic E-state index is 13.1. The quantitative estimate of drug-likeness (QED) is 0.352. The minimum absolute atomic E-state index is 0.149. The van der Waals surface area contributed by atoms with Gasteiger partial charge in [-0.25, -0.2) is 4.79 Å². The van der Waals surface area contributed by atoms with Crippen molar-refractivity contribution in [3.05, 3.63) is 99.2 Å². The van der Waals surface area contributed by atoms with E-state index in [-0.39, 0.29) is 22.4 Å². The number of aryl methyl sites for hydroxylation is 1. The summed E-state index contributed by atoms with van der Waals surface area (Å²) in [5, 5.41) is 22.7. The van der Waals surface area contributed by atoms with Crippen molar-refractivity contribution in [1.82, 2.24) is 0 Å². The molecule has 5 rings (SSSR count). The van der Waals surface area contributed by atoms with Gasteiger partial charge in [-0.05, 0) is 56.0 Å². The number of nitrogens with zero attached hydrogens (tertiary/aromatic N) is 1. The number of benzene rings is 3. The van der Waals surface area contributed by atoms with Crippen molar-refractivity contribution in [3.63, 3.8) is 0 Å². The Kier molecular flexibility index (Phi) is 5.41. The standard InChI is InChI=1S/C29H24N2O4/c1-17-13-22(18(2)31-24-6-4-3-5-21(24)28(33)34)27-23(14-17)25(32)15-26(35-27)19-7-9-20(10-8-19)29(16-30)11-12-29/h3-10,13-15,18,31H,11-12H2,1-2H3,(H,33,34)/t18-/m1/s1. The molecule has 0 spiro atoms. The van der Waals surface area contributed by atoms with E-state index in [2.05, 4.69) is 11.4 Å². The summed E-state index contributed by atoms with van der Waals surface area (Å²) in [5.41, 5.74) is 4.01. The van der Waals surface area contributed by atoms with Gasteiger partial charge in [-0.1, -0.05) is 42.5 Å². The Morgan fingerprint density at radius 3 is 2.49 bits per heavy atom. The number of rotatable bonds is 6. The minimum Gasteiger partial charge on any atom is -0.478 e. The number of hydrogen-bond donors (Lipinski definition) is 2. The molecule has 0 bridgehead atoms. The van der Waals surface area contributed by atoms with E-state index in [1.54, 1.807) is 30.3 Å². The Morgan fingerprint density at radius 1 is 1.11 bits per heavy atom. The zero-order valence-electron chi connectivity index (χ0n) is 19.5. The lowest BCUT2D eigenvalue weighted by Crippen LogP contribution is -2.12. The number of nitrogens with one attached hydrogen (secondary N) is 1. The molecule has 6 heteroatoms. The first-order valence-corrected chi connectivity index (χ1v) is 11.5. The van der Waals surface area contributed by atoms with Crippen LogP contribution in [0, 0.1) is 18.3 Å². The van der Waals surface area contributed by atoms with Crippen LogP contribution in [0.25, 0.3) is 22.3 Å². The second-order valence-corrected chi connectivity index (χ2v) is 9.19. The van der Waals surface area contributed by atoms with Crippen LogP contribution in [0.4, 0.5) is 5.69 Å². The first kappa shape index (κ1) is 22.4. The lowest BCUT2D eigenvalue weighted by Gasteiger charge is -2.19. The van der Waals surface area contributed by atoms with Crippen molar-refractivity contribution in [3.8, 4) is 17.4 Å². The Bertz CT molecular complexity index is 1560. The maximum Gasteiger partial charge on any atom is 0.337 e. The number of hydrogen-bond acceptors (Lipinski definition) is 5. The molecule has 1 fully saturated rings. The van der Waals surface area contributed by atoms with Gasteiger partial charge in [0.25, 0.3) is 0 Å². The molecule has 1 aromatic heterocycles. The predicted octanol–water partition coefficient (Wildman–Crippen LogP) is 6.19. The van der Waals surface area contributed by atoms with E-state index in [9.17, 15) is 20.0 Å². The molecule has 4 aromatic rings. The van der Waals surface area contributed by atoms with Crippen molar-refractivity contribution >= 4 is 22.6 Å². The molecule has 0 unspecified atom stereocenters. The third kappa shape index (κ3) is 4.06. The molecule has 174 valence electrons. The fourth-order valence-electron chi connectivity index (χ4n) is 4.55. The highest BCUT2D eigenvalue weighted by Gasteiger charge is 2.44. The summed E-state index contributed by atoms with van der Waals surface area (Å²) in [6, 6.07) is 21.7. The normalized spacial score (nSPS) is 14.8. The van der Waals surface area contributed by atoms with Gasteiger partial charge in [-0.15, -0.1) is 0 Å². The molecule has 1 heterocycles. The highest BCUT2D eigenvalue weighted by atomic mass is 16.4. The second kappa shape index (κ2) is 8.44. The number of anilines is 1. The van der Waals surface area contributed by atoms with Gasteiger partial charge in [0.05, 0.1) is 28.5 Å². The zero-order chi connectivity index (χ0) is 24.7. The van der Waals surface area contributed by atoms with Crippen molar-refractivity contribution in [2.45, 2.75) is 38.1 Å². The van der Waals surface area contributed by atoms with Crippen molar-refractivity contribution in [2.75, 3.05) is 5.32 Å². The van der Waals surface area contributed by atoms with Crippen LogP contribution in [0.3, 0.4) is 0 Å². The highest BCUT2D eigenvalue weighted by molar-refractivity contribution is 5.94. The van der Waals surface area contributed by atoms with Gasteiger partial charge < -0.3 is 14.8 Å². The molecule has 0 aliphatic heterocycles. The maximum atomic E-state index is 13.1. The second-order valence-electron chi connectivity index (χ2n) is 9.19. The zero-order valence-corrected chi connectivity index (χ0v) is 19.5. The van der Waals surface area contributed by atoms with Crippen LogP contribution < -0.4 is 10.7 Å². The topological polar surface area (TPSA) is 103 Å². The average Bonchev–Trinajstić information content (AvgIpc) is 3.65. The third-order valence-corrected chi connectivity index (χ3v) is 6.68. The molecule has 0 radical (unpaired) electrons. The Balaban J connectivity index is 1.57. The molecule has 0 amide bonds. The molecule has 3 aromatic carbocycles. The summed E-state index contributed by atoms with van der Waals surface area (Å²) in [7, 11) is 0. The largest absolute Gasteiger partial charge is 0.478 e. The van der Waals surface area contributed by atoms with Gasteiger partial charge in [0, 0.05) is 22.9 Å². The van der Waals surface area contributed by atoms with E-state index in [1.165, 1.54) is 6.07 Å². The lowest BCUT2D eigenvalue weighted by atomic mass is 9.96. The van der Waals surface area contributed by atoms with E-state index in [0.29, 0.717) is 22.4 Å². The van der Waals surface area contributed by atoms with Gasteiger partial charge in [-0.2, -0.15) is 5.26 Å². The van der Waals surface area contributed by atoms with E-state index >= 15 is 0 Å². The van der Waals surface area contributed by atoms with Crippen molar-refractivity contribution in [2.24, 2.45) is 0 Å². The first-order valence-electron chi connectivity index (χ1n) is 11.5. The first-order chi connectivity index (χ1) is 16.8. The average molecular weight is 465 g/mol. The minimum atomic E-state index is -1.02. The van der Waals surface area contributed by atoms with Gasteiger partial charge in [0.15, 0.2) is 5.43 Å². The highest BCUT2D eigenvalue weighted by Crippen LogP contribution is 2.47. The molecule has 35 heavy (non-hydrogen) atoms. The van der Waals surface area contributed by atoms with Crippen molar-refractivity contribution in [1.29, 1.82) is 5.26 Å². The van der Waals surface area contributed by atoms with Gasteiger partial charge in [0.1, 0.15) is 11.3 Å². The van der Waals surface area contributed by atoms with Crippen LogP contribution in [0.2, 0.25) is 0 Å². The van der Waals surface area contributed by atoms with Crippen LogP contribution in [-0.4, -0.2) is 11.1 Å². The molecule has 6 nitrogen and oxygen atoms in total. The third-order valence-electron chi connectivity index (χ3n) is 6.68. The predicted molar refractivity (Wildman–Crippen MR) is 135 cm³/mol. The van der Waals surface area contributed by atoms with Crippen LogP contribution in [0.5, 0.6) is 0 Å². The monoisotopic (exact) mass is 464 g/mol. The molecule has 1 atom stereocenters. The van der Waals surface area contributed by atoms with Crippen LogP contribution >= 0.6 is 0 Å². The Labute approximate surface area is 202 Å². The number of carboxylic acids is 1. The molecular weight excluding hydrogens is 440 g/mol. The van der Waals surface area contributed by atoms with E-state index in [4.69, 9.17) is 4.42 Å². The number of carboxylic acid groups (broad SMARTS) is 1. The summed E-state index contributed by atoms with van der Waals surface area (Å²) in [6.07, 6.45) is 1.74. The SMILES string of the molecule is Cc1cc([C@@H](C)Nc2ccccc2C(=O)O)c2oc(-c3ccc(C4(C#N)CC4)cc3)cc(=O)c2c1. The Morgan fingerprint density at radius 2 is 1.83 bits per heavy atom. The van der Waals surface area contributed by atoms with Crippen LogP contribution in [-0.2, 0) is 5.41 Å². The van der Waals surface area contributed by atoms with Crippen molar-refractivity contribution < 1.29 is 14.3 Å². The van der Waals surface area contributed by atoms with E-state index in [1.807, 2.05) is 44.2 Å². The Hall–Kier alpha value is -4.37. The lowest BCUT2D eigenvalue weighted by molar-refractivity contribution is 0.0698. The van der Waals surface area contributed by atoms with Gasteiger partial charge >= 0.3 is 5.97 Å². The number of fused-ring (bicyclic) bond motifs is 1. The number of aromatic carboxylic acids is 1. The fraction of sp³-hybridized carbons (Fsp3) is 0.207. The molecule has 0 saturated heterocycles. The van der Waals surface area contributed by atoms with Gasteiger partial charge in [0.2, 0.25) is 0 Å².